The van der Waals surface area contributed by atoms with Crippen LogP contribution in [-0.4, -0.2) is 29.5 Å². The molecule has 6 heteroatoms. The van der Waals surface area contributed by atoms with Gasteiger partial charge < -0.3 is 9.72 Å². The first kappa shape index (κ1) is 16.7. The predicted molar refractivity (Wildman–Crippen MR) is 94.1 cm³/mol. The van der Waals surface area contributed by atoms with Crippen molar-refractivity contribution in [2.75, 3.05) is 13.7 Å². The molecule has 0 unspecified atom stereocenters. The number of carbonyl (C=O) groups excluding carboxylic acids is 1. The van der Waals surface area contributed by atoms with Crippen LogP contribution >= 0.6 is 0 Å². The van der Waals surface area contributed by atoms with Gasteiger partial charge >= 0.3 is 5.97 Å². The number of fused-ring (bicyclic) bond motifs is 1. The maximum atomic E-state index is 12.9. The topological polar surface area (TPSA) is 85.2 Å². The lowest BCUT2D eigenvalue weighted by Crippen LogP contribution is -2.44. The van der Waals surface area contributed by atoms with E-state index in [4.69, 9.17) is 4.74 Å². The van der Waals surface area contributed by atoms with E-state index in [1.54, 1.807) is 24.4 Å². The third kappa shape index (κ3) is 2.76. The van der Waals surface area contributed by atoms with Crippen molar-refractivity contribution in [3.05, 3.63) is 81.5 Å². The van der Waals surface area contributed by atoms with Crippen molar-refractivity contribution in [1.29, 1.82) is 0 Å². The van der Waals surface area contributed by atoms with Crippen molar-refractivity contribution < 1.29 is 14.5 Å². The van der Waals surface area contributed by atoms with Crippen molar-refractivity contribution in [1.82, 2.24) is 4.98 Å². The fraction of sp³-hybridized carbons (Fsp3) is 0.211. The lowest BCUT2D eigenvalue weighted by atomic mass is 9.74. The standard InChI is InChI=1S/C19H18N2O4/c1-13-6-5-7-14(10-13)19(12-21(23)24,18(22)25-2)16-11-20-17-9-4-3-8-15(16)17/h3-11,20H,12H2,1-2H3/t19-/m1/s1. The zero-order chi connectivity index (χ0) is 18.0. The van der Waals surface area contributed by atoms with Gasteiger partial charge in [0.25, 0.3) is 0 Å². The second-order valence-corrected chi connectivity index (χ2v) is 6.01. The molecule has 6 nitrogen and oxygen atoms in total. The minimum atomic E-state index is -1.52. The Hall–Kier alpha value is -3.15. The first-order valence-electron chi connectivity index (χ1n) is 7.83. The van der Waals surface area contributed by atoms with Gasteiger partial charge in [0.1, 0.15) is 0 Å². The number of carbonyl (C=O) groups is 1. The van der Waals surface area contributed by atoms with Crippen LogP contribution in [0.1, 0.15) is 16.7 Å². The van der Waals surface area contributed by atoms with Gasteiger partial charge in [-0.3, -0.25) is 14.9 Å². The fourth-order valence-corrected chi connectivity index (χ4v) is 3.33. The molecule has 1 N–H and O–H groups in total. The number of nitrogens with zero attached hydrogens (tertiary/aromatic N) is 1. The molecule has 0 radical (unpaired) electrons. The van der Waals surface area contributed by atoms with Crippen molar-refractivity contribution >= 4 is 16.9 Å². The molecule has 1 atom stereocenters. The minimum Gasteiger partial charge on any atom is -0.468 e. The van der Waals surface area contributed by atoms with Crippen molar-refractivity contribution in [2.24, 2.45) is 0 Å². The van der Waals surface area contributed by atoms with Gasteiger partial charge in [-0.25, -0.2) is 0 Å². The van der Waals surface area contributed by atoms with Crippen LogP contribution in [0.2, 0.25) is 0 Å². The highest BCUT2D eigenvalue weighted by molar-refractivity contribution is 5.95. The van der Waals surface area contributed by atoms with E-state index in [1.165, 1.54) is 7.11 Å². The van der Waals surface area contributed by atoms with Crippen LogP contribution in [0.15, 0.2) is 54.7 Å². The summed E-state index contributed by atoms with van der Waals surface area (Å²) < 4.78 is 5.03. The van der Waals surface area contributed by atoms with Crippen LogP contribution in [0.5, 0.6) is 0 Å². The number of aromatic nitrogens is 1. The highest BCUT2D eigenvalue weighted by Crippen LogP contribution is 2.38. The largest absolute Gasteiger partial charge is 0.468 e. The van der Waals surface area contributed by atoms with Crippen LogP contribution in [0, 0.1) is 17.0 Å². The summed E-state index contributed by atoms with van der Waals surface area (Å²) in [7, 11) is 1.25. The maximum absolute atomic E-state index is 12.9. The Kier molecular flexibility index (Phi) is 4.27. The third-order valence-electron chi connectivity index (χ3n) is 4.46. The smallest absolute Gasteiger partial charge is 0.327 e. The van der Waals surface area contributed by atoms with E-state index in [0.29, 0.717) is 11.1 Å². The van der Waals surface area contributed by atoms with Crippen LogP contribution in [0.4, 0.5) is 0 Å². The molecule has 3 rings (SSSR count). The first-order chi connectivity index (χ1) is 12.0. The SMILES string of the molecule is COC(=O)[C@](C[N+](=O)[O-])(c1cccc(C)c1)c1c[nH]c2ccccc12. The van der Waals surface area contributed by atoms with Crippen LogP contribution in [0.3, 0.4) is 0 Å². The lowest BCUT2D eigenvalue weighted by Gasteiger charge is -2.28. The number of para-hydroxylation sites is 1. The molecule has 0 bridgehead atoms. The molecule has 2 aromatic carbocycles. The number of nitrogens with one attached hydrogen (secondary N) is 1. The number of H-pyrrole nitrogens is 1. The molecule has 0 saturated heterocycles. The van der Waals surface area contributed by atoms with Gasteiger partial charge in [-0.05, 0) is 18.6 Å². The van der Waals surface area contributed by atoms with Crippen LogP contribution in [-0.2, 0) is 14.9 Å². The number of hydrogen-bond acceptors (Lipinski definition) is 4. The number of aryl methyl sites for hydroxylation is 1. The molecular formula is C19H18N2O4. The molecule has 0 aliphatic heterocycles. The lowest BCUT2D eigenvalue weighted by molar-refractivity contribution is -0.486. The Bertz CT molecular complexity index is 947. The highest BCUT2D eigenvalue weighted by Gasteiger charge is 2.49. The number of ether oxygens (including phenoxy) is 1. The average molecular weight is 338 g/mol. The fourth-order valence-electron chi connectivity index (χ4n) is 3.33. The summed E-state index contributed by atoms with van der Waals surface area (Å²) in [6.45, 7) is 1.29. The van der Waals surface area contributed by atoms with Gasteiger partial charge in [-0.15, -0.1) is 0 Å². The van der Waals surface area contributed by atoms with E-state index < -0.39 is 22.9 Å². The van der Waals surface area contributed by atoms with Gasteiger partial charge in [0, 0.05) is 27.6 Å². The molecule has 0 aliphatic rings. The highest BCUT2D eigenvalue weighted by atomic mass is 16.6. The van der Waals surface area contributed by atoms with Gasteiger partial charge in [0.15, 0.2) is 5.41 Å². The van der Waals surface area contributed by atoms with Gasteiger partial charge in [-0.1, -0.05) is 48.0 Å². The minimum absolute atomic E-state index is 0.471. The summed E-state index contributed by atoms with van der Waals surface area (Å²) in [4.78, 5) is 27.0. The summed E-state index contributed by atoms with van der Waals surface area (Å²) in [5, 5.41) is 12.3. The zero-order valence-electron chi connectivity index (χ0n) is 14.0. The van der Waals surface area contributed by atoms with Crippen molar-refractivity contribution in [2.45, 2.75) is 12.3 Å². The quantitative estimate of drug-likeness (QED) is 0.440. The van der Waals surface area contributed by atoms with E-state index in [-0.39, 0.29) is 0 Å². The van der Waals surface area contributed by atoms with E-state index in [1.807, 2.05) is 37.3 Å². The van der Waals surface area contributed by atoms with E-state index in [2.05, 4.69) is 4.98 Å². The number of hydrogen-bond donors (Lipinski definition) is 1. The molecule has 25 heavy (non-hydrogen) atoms. The zero-order valence-corrected chi connectivity index (χ0v) is 14.0. The Morgan fingerprint density at radius 3 is 2.68 bits per heavy atom. The molecule has 0 spiro atoms. The maximum Gasteiger partial charge on any atom is 0.327 e. The molecular weight excluding hydrogens is 320 g/mol. The summed E-state index contributed by atoms with van der Waals surface area (Å²) in [6.07, 6.45) is 1.66. The summed E-state index contributed by atoms with van der Waals surface area (Å²) >= 11 is 0. The Morgan fingerprint density at radius 2 is 2.00 bits per heavy atom. The molecule has 1 aromatic heterocycles. The van der Waals surface area contributed by atoms with Gasteiger partial charge in [-0.2, -0.15) is 0 Å². The first-order valence-corrected chi connectivity index (χ1v) is 7.83. The normalized spacial score (nSPS) is 13.4. The Labute approximate surface area is 144 Å². The predicted octanol–water partition coefficient (Wildman–Crippen LogP) is 3.21. The van der Waals surface area contributed by atoms with Gasteiger partial charge in [0.05, 0.1) is 7.11 Å². The Balaban J connectivity index is 2.38. The number of esters is 1. The molecule has 128 valence electrons. The van der Waals surface area contributed by atoms with Crippen LogP contribution < -0.4 is 0 Å². The Morgan fingerprint density at radius 1 is 1.24 bits per heavy atom. The molecule has 0 fully saturated rings. The average Bonchev–Trinajstić information content (AvgIpc) is 3.03. The van der Waals surface area contributed by atoms with Crippen LogP contribution in [0.25, 0.3) is 10.9 Å². The molecule has 0 aliphatic carbocycles. The van der Waals surface area contributed by atoms with Gasteiger partial charge in [0.2, 0.25) is 6.54 Å². The van der Waals surface area contributed by atoms with E-state index >= 15 is 0 Å². The third-order valence-corrected chi connectivity index (χ3v) is 4.46. The molecule has 3 aromatic rings. The summed E-state index contributed by atoms with van der Waals surface area (Å²) in [5.74, 6) is -0.653. The monoisotopic (exact) mass is 338 g/mol. The molecule has 0 amide bonds. The van der Waals surface area contributed by atoms with E-state index in [9.17, 15) is 14.9 Å². The molecule has 1 heterocycles. The number of methoxy groups -OCH3 is 1. The number of rotatable bonds is 5. The number of nitro groups is 1. The summed E-state index contributed by atoms with van der Waals surface area (Å²) in [6, 6.07) is 14.6. The second-order valence-electron chi connectivity index (χ2n) is 6.01. The number of benzene rings is 2. The van der Waals surface area contributed by atoms with Crippen molar-refractivity contribution in [3.8, 4) is 0 Å². The van der Waals surface area contributed by atoms with Crippen molar-refractivity contribution in [3.63, 3.8) is 0 Å². The molecule has 0 saturated carbocycles. The number of aromatic amines is 1. The van der Waals surface area contributed by atoms with E-state index in [0.717, 1.165) is 16.5 Å². The second kappa shape index (κ2) is 6.39. The summed E-state index contributed by atoms with van der Waals surface area (Å²) in [5.41, 5.74) is 1.28.